The van der Waals surface area contributed by atoms with Gasteiger partial charge >= 0.3 is 0 Å². The Bertz CT molecular complexity index is 1110. The van der Waals surface area contributed by atoms with Crippen LogP contribution in [0.5, 0.6) is 0 Å². The quantitative estimate of drug-likeness (QED) is 0.530. The molecule has 0 bridgehead atoms. The minimum Gasteiger partial charge on any atom is -0.352 e. The SMILES string of the molecule is Clc1cccc(-n2ncc3c(N4CCN(c5ncccn5)CC4)ncnc32)c1. The topological polar surface area (TPSA) is 75.9 Å². The molecule has 1 fully saturated rings. The molecule has 9 heteroatoms. The average molecular weight is 393 g/mol. The molecule has 0 unspecified atom stereocenters. The van der Waals surface area contributed by atoms with E-state index in [9.17, 15) is 0 Å². The van der Waals surface area contributed by atoms with Crippen LogP contribution in [0.3, 0.4) is 0 Å². The summed E-state index contributed by atoms with van der Waals surface area (Å²) in [5.41, 5.74) is 1.64. The zero-order valence-electron chi connectivity index (χ0n) is 15.0. The fraction of sp³-hybridized carbons (Fsp3) is 0.211. The van der Waals surface area contributed by atoms with Gasteiger partial charge in [0.15, 0.2) is 5.65 Å². The fourth-order valence-corrected chi connectivity index (χ4v) is 3.64. The fourth-order valence-electron chi connectivity index (χ4n) is 3.45. The van der Waals surface area contributed by atoms with Gasteiger partial charge in [-0.1, -0.05) is 17.7 Å². The molecular formula is C19H17ClN8. The van der Waals surface area contributed by atoms with Gasteiger partial charge in [0.1, 0.15) is 12.1 Å². The predicted molar refractivity (Wildman–Crippen MR) is 108 cm³/mol. The van der Waals surface area contributed by atoms with E-state index in [0.717, 1.165) is 54.7 Å². The highest BCUT2D eigenvalue weighted by Crippen LogP contribution is 2.26. The van der Waals surface area contributed by atoms with Crippen LogP contribution in [0.25, 0.3) is 16.7 Å². The zero-order chi connectivity index (χ0) is 18.9. The Labute approximate surface area is 166 Å². The second-order valence-electron chi connectivity index (χ2n) is 6.49. The van der Waals surface area contributed by atoms with Gasteiger partial charge in [-0.05, 0) is 24.3 Å². The largest absolute Gasteiger partial charge is 0.352 e. The Balaban J connectivity index is 1.43. The van der Waals surface area contributed by atoms with Gasteiger partial charge in [0.2, 0.25) is 5.95 Å². The molecule has 5 rings (SSSR count). The molecule has 1 aliphatic rings. The van der Waals surface area contributed by atoms with Crippen molar-refractivity contribution in [2.75, 3.05) is 36.0 Å². The number of halogens is 1. The van der Waals surface area contributed by atoms with Crippen molar-refractivity contribution in [1.82, 2.24) is 29.7 Å². The number of nitrogens with zero attached hydrogens (tertiary/aromatic N) is 8. The molecule has 0 spiro atoms. The molecule has 0 atom stereocenters. The number of hydrogen-bond donors (Lipinski definition) is 0. The molecular weight excluding hydrogens is 376 g/mol. The molecule has 0 amide bonds. The van der Waals surface area contributed by atoms with E-state index in [1.54, 1.807) is 23.4 Å². The van der Waals surface area contributed by atoms with Gasteiger partial charge < -0.3 is 9.80 Å². The summed E-state index contributed by atoms with van der Waals surface area (Å²) in [6, 6.07) is 9.40. The molecule has 0 radical (unpaired) electrons. The van der Waals surface area contributed by atoms with Crippen molar-refractivity contribution in [3.05, 3.63) is 60.3 Å². The molecule has 1 saturated heterocycles. The highest BCUT2D eigenvalue weighted by molar-refractivity contribution is 6.30. The number of benzene rings is 1. The van der Waals surface area contributed by atoms with E-state index in [-0.39, 0.29) is 0 Å². The number of hydrogen-bond acceptors (Lipinski definition) is 7. The smallest absolute Gasteiger partial charge is 0.225 e. The first-order valence-corrected chi connectivity index (χ1v) is 9.39. The maximum absolute atomic E-state index is 6.13. The first-order valence-electron chi connectivity index (χ1n) is 9.01. The van der Waals surface area contributed by atoms with Crippen LogP contribution in [-0.4, -0.2) is 55.9 Å². The lowest BCUT2D eigenvalue weighted by Gasteiger charge is -2.35. The zero-order valence-corrected chi connectivity index (χ0v) is 15.7. The Morgan fingerprint density at radius 1 is 0.857 bits per heavy atom. The van der Waals surface area contributed by atoms with Crippen LogP contribution in [0.2, 0.25) is 5.02 Å². The molecule has 4 heterocycles. The van der Waals surface area contributed by atoms with Gasteiger partial charge in [-0.15, -0.1) is 0 Å². The summed E-state index contributed by atoms with van der Waals surface area (Å²) in [5, 5.41) is 6.11. The third kappa shape index (κ3) is 3.01. The number of fused-ring (bicyclic) bond motifs is 1. The third-order valence-corrected chi connectivity index (χ3v) is 5.05. The van der Waals surface area contributed by atoms with Gasteiger partial charge in [-0.3, -0.25) is 0 Å². The highest BCUT2D eigenvalue weighted by atomic mass is 35.5. The van der Waals surface area contributed by atoms with Crippen molar-refractivity contribution in [2.45, 2.75) is 0 Å². The van der Waals surface area contributed by atoms with Crippen LogP contribution in [0, 0.1) is 0 Å². The van der Waals surface area contributed by atoms with Gasteiger partial charge in [0.25, 0.3) is 0 Å². The standard InChI is InChI=1S/C19H17ClN8/c20-14-3-1-4-15(11-14)28-18-16(12-25-28)17(23-13-24-18)26-7-9-27(10-8-26)19-21-5-2-6-22-19/h1-6,11-13H,7-10H2. The molecule has 1 aromatic carbocycles. The summed E-state index contributed by atoms with van der Waals surface area (Å²) in [7, 11) is 0. The molecule has 4 aromatic rings. The minimum atomic E-state index is 0.662. The number of anilines is 2. The minimum absolute atomic E-state index is 0.662. The van der Waals surface area contributed by atoms with E-state index < -0.39 is 0 Å². The second kappa shape index (κ2) is 7.05. The van der Waals surface area contributed by atoms with Crippen LogP contribution in [0.15, 0.2) is 55.2 Å². The lowest BCUT2D eigenvalue weighted by Crippen LogP contribution is -2.47. The Morgan fingerprint density at radius 3 is 2.43 bits per heavy atom. The van der Waals surface area contributed by atoms with Crippen LogP contribution in [-0.2, 0) is 0 Å². The third-order valence-electron chi connectivity index (χ3n) is 4.81. The van der Waals surface area contributed by atoms with Gasteiger partial charge in [0.05, 0.1) is 17.3 Å². The van der Waals surface area contributed by atoms with E-state index in [1.807, 2.05) is 36.5 Å². The Kier molecular flexibility index (Phi) is 4.25. The molecule has 140 valence electrons. The van der Waals surface area contributed by atoms with Crippen LogP contribution in [0.4, 0.5) is 11.8 Å². The lowest BCUT2D eigenvalue weighted by atomic mass is 10.3. The average Bonchev–Trinajstić information content (AvgIpc) is 3.19. The maximum atomic E-state index is 6.13. The van der Waals surface area contributed by atoms with E-state index in [0.29, 0.717) is 5.02 Å². The molecule has 0 saturated carbocycles. The lowest BCUT2D eigenvalue weighted by molar-refractivity contribution is 0.636. The summed E-state index contributed by atoms with van der Waals surface area (Å²) >= 11 is 6.13. The van der Waals surface area contributed by atoms with Gasteiger partial charge in [-0.2, -0.15) is 5.10 Å². The normalized spacial score (nSPS) is 14.6. The van der Waals surface area contributed by atoms with Crippen molar-refractivity contribution in [2.24, 2.45) is 0 Å². The number of rotatable bonds is 3. The van der Waals surface area contributed by atoms with E-state index in [2.05, 4.69) is 34.8 Å². The van der Waals surface area contributed by atoms with Crippen LogP contribution < -0.4 is 9.80 Å². The Hall–Kier alpha value is -3.26. The van der Waals surface area contributed by atoms with Gasteiger partial charge in [0, 0.05) is 43.6 Å². The summed E-state index contributed by atoms with van der Waals surface area (Å²) in [5.74, 6) is 1.66. The highest BCUT2D eigenvalue weighted by Gasteiger charge is 2.22. The molecule has 3 aromatic heterocycles. The predicted octanol–water partition coefficient (Wildman–Crippen LogP) is 2.59. The van der Waals surface area contributed by atoms with Crippen molar-refractivity contribution in [3.8, 4) is 5.69 Å². The maximum Gasteiger partial charge on any atom is 0.225 e. The molecule has 28 heavy (non-hydrogen) atoms. The molecule has 1 aliphatic heterocycles. The van der Waals surface area contributed by atoms with Crippen LogP contribution in [0.1, 0.15) is 0 Å². The molecule has 8 nitrogen and oxygen atoms in total. The summed E-state index contributed by atoms with van der Waals surface area (Å²) in [6.45, 7) is 3.31. The first-order chi connectivity index (χ1) is 13.8. The van der Waals surface area contributed by atoms with Crippen molar-refractivity contribution >= 4 is 34.4 Å². The summed E-state index contributed by atoms with van der Waals surface area (Å²) in [4.78, 5) is 22.1. The van der Waals surface area contributed by atoms with Crippen molar-refractivity contribution in [3.63, 3.8) is 0 Å². The first kappa shape index (κ1) is 16.9. The summed E-state index contributed by atoms with van der Waals surface area (Å²) in [6.07, 6.45) is 6.95. The van der Waals surface area contributed by atoms with E-state index in [4.69, 9.17) is 11.6 Å². The van der Waals surface area contributed by atoms with Crippen molar-refractivity contribution < 1.29 is 0 Å². The van der Waals surface area contributed by atoms with E-state index >= 15 is 0 Å². The van der Waals surface area contributed by atoms with Crippen molar-refractivity contribution in [1.29, 1.82) is 0 Å². The Morgan fingerprint density at radius 2 is 1.64 bits per heavy atom. The van der Waals surface area contributed by atoms with E-state index in [1.165, 1.54) is 0 Å². The molecule has 0 aliphatic carbocycles. The number of piperazine rings is 1. The molecule has 0 N–H and O–H groups in total. The second-order valence-corrected chi connectivity index (χ2v) is 6.93. The monoisotopic (exact) mass is 392 g/mol. The van der Waals surface area contributed by atoms with Gasteiger partial charge in [-0.25, -0.2) is 24.6 Å². The summed E-state index contributed by atoms with van der Waals surface area (Å²) < 4.78 is 1.79. The number of aromatic nitrogens is 6. The van der Waals surface area contributed by atoms with Crippen LogP contribution >= 0.6 is 11.6 Å².